The molecule has 1 aromatic rings. The molecule has 2 atom stereocenters. The highest BCUT2D eigenvalue weighted by atomic mass is 35.5. The number of rotatable bonds is 6. The number of carbonyl (C=O) groups is 4. The van der Waals surface area contributed by atoms with Crippen molar-refractivity contribution < 1.29 is 19.2 Å². The molecule has 1 aliphatic carbocycles. The lowest BCUT2D eigenvalue weighted by molar-refractivity contribution is -0.136. The van der Waals surface area contributed by atoms with Crippen LogP contribution in [0.1, 0.15) is 55.1 Å². The van der Waals surface area contributed by atoms with Gasteiger partial charge in [0, 0.05) is 48.3 Å². The molecule has 0 bridgehead atoms. The van der Waals surface area contributed by atoms with Crippen LogP contribution in [-0.4, -0.2) is 42.1 Å². The Morgan fingerprint density at radius 1 is 1.28 bits per heavy atom. The minimum Gasteiger partial charge on any atom is -0.388 e. The first kappa shape index (κ1) is 27.2. The van der Waals surface area contributed by atoms with Crippen LogP contribution in [0.3, 0.4) is 0 Å². The summed E-state index contributed by atoms with van der Waals surface area (Å²) >= 11 is 6.13. The first-order chi connectivity index (χ1) is 17.1. The lowest BCUT2D eigenvalue weighted by atomic mass is 9.79. The number of piperidine rings is 1. The standard InChI is InChI=1S/C15H15N3O4.C12H18ClN/c19-8-16-6-9-1-2-10-7-18(15(22)11(10)5-9)12-3-4-13(20)17-14(12)21;1-9(2)12(3)6-5-11(14-4)7-10(13)8-12/h1-2,5,8,12H,3-4,6-7H2,(H,16,19)(H,17,20,21);5-9,14H,1-4H3. The molecule has 2 heterocycles. The number of nitrogens with one attached hydrogen (secondary N) is 3. The van der Waals surface area contributed by atoms with Crippen molar-refractivity contribution in [3.63, 3.8) is 0 Å². The number of imide groups is 1. The molecule has 0 saturated carbocycles. The second kappa shape index (κ2) is 11.6. The number of amides is 4. The van der Waals surface area contributed by atoms with E-state index in [9.17, 15) is 19.2 Å². The topological polar surface area (TPSA) is 108 Å². The third kappa shape index (κ3) is 6.23. The van der Waals surface area contributed by atoms with Crippen LogP contribution in [0.5, 0.6) is 0 Å². The van der Waals surface area contributed by atoms with E-state index in [-0.39, 0.29) is 23.7 Å². The fourth-order valence-corrected chi connectivity index (χ4v) is 4.59. The van der Waals surface area contributed by atoms with Crippen LogP contribution in [0.25, 0.3) is 0 Å². The van der Waals surface area contributed by atoms with Crippen molar-refractivity contribution in [2.45, 2.75) is 52.7 Å². The normalized spacial score (nSPS) is 23.1. The highest BCUT2D eigenvalue weighted by molar-refractivity contribution is 6.31. The van der Waals surface area contributed by atoms with E-state index in [0.717, 1.165) is 21.9 Å². The largest absolute Gasteiger partial charge is 0.388 e. The van der Waals surface area contributed by atoms with Gasteiger partial charge in [-0.3, -0.25) is 24.5 Å². The Kier molecular flexibility index (Phi) is 8.74. The number of hydrogen-bond donors (Lipinski definition) is 3. The van der Waals surface area contributed by atoms with Crippen LogP contribution in [0.15, 0.2) is 53.2 Å². The number of fused-ring (bicyclic) bond motifs is 1. The van der Waals surface area contributed by atoms with Gasteiger partial charge in [0.2, 0.25) is 18.2 Å². The summed E-state index contributed by atoms with van der Waals surface area (Å²) in [6.07, 6.45) is 9.55. The van der Waals surface area contributed by atoms with Gasteiger partial charge in [0.05, 0.1) is 0 Å². The molecule has 0 radical (unpaired) electrons. The number of hydrogen-bond acceptors (Lipinski definition) is 5. The monoisotopic (exact) mass is 512 g/mol. The van der Waals surface area contributed by atoms with Crippen molar-refractivity contribution in [3.8, 4) is 0 Å². The number of halogens is 1. The molecule has 2 aliphatic heterocycles. The van der Waals surface area contributed by atoms with Gasteiger partial charge in [-0.15, -0.1) is 0 Å². The van der Waals surface area contributed by atoms with Gasteiger partial charge in [-0.1, -0.05) is 56.7 Å². The molecule has 3 N–H and O–H groups in total. The first-order valence-corrected chi connectivity index (χ1v) is 12.4. The van der Waals surface area contributed by atoms with Gasteiger partial charge in [-0.25, -0.2) is 0 Å². The van der Waals surface area contributed by atoms with Crippen LogP contribution in [0, 0.1) is 11.3 Å². The Labute approximate surface area is 216 Å². The molecule has 0 aromatic heterocycles. The summed E-state index contributed by atoms with van der Waals surface area (Å²) in [6, 6.07) is 4.81. The van der Waals surface area contributed by atoms with E-state index >= 15 is 0 Å². The van der Waals surface area contributed by atoms with E-state index in [1.165, 1.54) is 4.90 Å². The van der Waals surface area contributed by atoms with Crippen molar-refractivity contribution in [3.05, 3.63) is 69.9 Å². The van der Waals surface area contributed by atoms with E-state index in [0.29, 0.717) is 37.4 Å². The Bertz CT molecular complexity index is 1140. The van der Waals surface area contributed by atoms with Crippen LogP contribution in [0.2, 0.25) is 0 Å². The third-order valence-corrected chi connectivity index (χ3v) is 7.10. The summed E-state index contributed by atoms with van der Waals surface area (Å²) < 4.78 is 0. The maximum atomic E-state index is 12.5. The fraction of sp³-hybridized carbons (Fsp3) is 0.407. The van der Waals surface area contributed by atoms with Gasteiger partial charge >= 0.3 is 0 Å². The minimum absolute atomic E-state index is 0.0478. The average Bonchev–Trinajstić information content (AvgIpc) is 3.06. The molecule has 36 heavy (non-hydrogen) atoms. The summed E-state index contributed by atoms with van der Waals surface area (Å²) in [5.41, 5.74) is 3.33. The second-order valence-electron chi connectivity index (χ2n) is 9.62. The van der Waals surface area contributed by atoms with Crippen molar-refractivity contribution in [2.24, 2.45) is 11.3 Å². The Morgan fingerprint density at radius 3 is 2.67 bits per heavy atom. The van der Waals surface area contributed by atoms with Gasteiger partial charge in [-0.05, 0) is 41.7 Å². The molecule has 2 unspecified atom stereocenters. The molecule has 4 rings (SSSR count). The number of benzene rings is 1. The fourth-order valence-electron chi connectivity index (χ4n) is 4.24. The van der Waals surface area contributed by atoms with Gasteiger partial charge in [0.15, 0.2) is 0 Å². The zero-order chi connectivity index (χ0) is 26.5. The Hall–Kier alpha value is -3.39. The predicted molar refractivity (Wildman–Crippen MR) is 139 cm³/mol. The van der Waals surface area contributed by atoms with Gasteiger partial charge in [0.1, 0.15) is 6.04 Å². The summed E-state index contributed by atoms with van der Waals surface area (Å²) in [4.78, 5) is 47.5. The van der Waals surface area contributed by atoms with E-state index in [1.807, 2.05) is 25.3 Å². The molecule has 1 fully saturated rings. The van der Waals surface area contributed by atoms with E-state index in [2.05, 4.69) is 54.9 Å². The zero-order valence-corrected chi connectivity index (χ0v) is 21.8. The quantitative estimate of drug-likeness (QED) is 0.401. The third-order valence-electron chi connectivity index (χ3n) is 6.88. The Balaban J connectivity index is 0.000000223. The summed E-state index contributed by atoms with van der Waals surface area (Å²) in [5, 5.41) is 8.72. The van der Waals surface area contributed by atoms with Gasteiger partial charge in [-0.2, -0.15) is 0 Å². The number of nitrogens with zero attached hydrogens (tertiary/aromatic N) is 1. The summed E-state index contributed by atoms with van der Waals surface area (Å²) in [5.74, 6) is -0.387. The average molecular weight is 513 g/mol. The summed E-state index contributed by atoms with van der Waals surface area (Å²) in [6.45, 7) is 7.32. The van der Waals surface area contributed by atoms with E-state index in [4.69, 9.17) is 11.6 Å². The molecule has 4 amide bonds. The molecular formula is C27H33ClN4O4. The zero-order valence-electron chi connectivity index (χ0n) is 21.1. The maximum absolute atomic E-state index is 12.5. The highest BCUT2D eigenvalue weighted by Crippen LogP contribution is 2.35. The Morgan fingerprint density at radius 2 is 2.03 bits per heavy atom. The molecule has 8 nitrogen and oxygen atoms in total. The predicted octanol–water partition coefficient (Wildman–Crippen LogP) is 3.14. The van der Waals surface area contributed by atoms with Crippen molar-refractivity contribution in [1.82, 2.24) is 20.9 Å². The molecule has 192 valence electrons. The first-order valence-electron chi connectivity index (χ1n) is 12.0. The SMILES string of the molecule is CNC1=CC(Cl)=CC(C)(C(C)C)C=C1.O=CNCc1ccc2c(c1)C(=O)N(C1CCC(=O)NC1=O)C2. The molecule has 1 aromatic carbocycles. The number of allylic oxidation sites excluding steroid dienone is 5. The lowest BCUT2D eigenvalue weighted by Gasteiger charge is -2.29. The van der Waals surface area contributed by atoms with Crippen LogP contribution >= 0.6 is 11.6 Å². The second-order valence-corrected chi connectivity index (χ2v) is 10.1. The minimum atomic E-state index is -0.603. The number of carbonyl (C=O) groups excluding carboxylic acids is 4. The van der Waals surface area contributed by atoms with Crippen LogP contribution < -0.4 is 16.0 Å². The molecule has 3 aliphatic rings. The van der Waals surface area contributed by atoms with E-state index < -0.39 is 11.9 Å². The number of likely N-dealkylation sites (N-methyl/N-ethyl adjacent to an activating group) is 1. The van der Waals surface area contributed by atoms with Gasteiger partial charge in [0.25, 0.3) is 5.91 Å². The highest BCUT2D eigenvalue weighted by Gasteiger charge is 2.39. The maximum Gasteiger partial charge on any atom is 0.255 e. The van der Waals surface area contributed by atoms with Crippen LogP contribution in [-0.2, 0) is 27.5 Å². The lowest BCUT2D eigenvalue weighted by Crippen LogP contribution is -2.52. The van der Waals surface area contributed by atoms with Crippen molar-refractivity contribution >= 4 is 35.7 Å². The van der Waals surface area contributed by atoms with Gasteiger partial charge < -0.3 is 15.5 Å². The summed E-state index contributed by atoms with van der Waals surface area (Å²) in [7, 11) is 1.90. The smallest absolute Gasteiger partial charge is 0.255 e. The molecule has 0 spiro atoms. The van der Waals surface area contributed by atoms with E-state index in [1.54, 1.807) is 6.07 Å². The molecule has 9 heteroatoms. The van der Waals surface area contributed by atoms with Crippen molar-refractivity contribution in [1.29, 1.82) is 0 Å². The molecule has 1 saturated heterocycles. The van der Waals surface area contributed by atoms with Crippen LogP contribution in [0.4, 0.5) is 0 Å². The van der Waals surface area contributed by atoms with Crippen molar-refractivity contribution in [2.75, 3.05) is 7.05 Å². The molecular weight excluding hydrogens is 480 g/mol.